The average Bonchev–Trinajstić information content (AvgIpc) is 3.26. The Kier molecular flexibility index (Phi) is 5.91. The molecule has 1 aliphatic rings. The molecule has 0 N–H and O–H groups in total. The Morgan fingerprint density at radius 3 is 2.68 bits per heavy atom. The number of hydrogen-bond donors (Lipinski definition) is 0. The van der Waals surface area contributed by atoms with E-state index in [9.17, 15) is 9.18 Å². The van der Waals surface area contributed by atoms with Gasteiger partial charge < -0.3 is 13.8 Å². The monoisotopic (exact) mass is 462 g/mol. The van der Waals surface area contributed by atoms with Crippen LogP contribution < -0.4 is 0 Å². The van der Waals surface area contributed by atoms with Gasteiger partial charge in [-0.15, -0.1) is 0 Å². The Labute approximate surface area is 197 Å². The quantitative estimate of drug-likeness (QED) is 0.430. The Hall–Kier alpha value is -3.52. The smallest absolute Gasteiger partial charge is 0.259 e. The highest BCUT2D eigenvalue weighted by molar-refractivity contribution is 6.07. The number of fused-ring (bicyclic) bond motifs is 1. The Morgan fingerprint density at radius 2 is 1.91 bits per heavy atom. The summed E-state index contributed by atoms with van der Waals surface area (Å²) < 4.78 is 25.2. The fraction of sp³-hybridized carbons (Fsp3) is 0.346. The summed E-state index contributed by atoms with van der Waals surface area (Å²) in [6, 6.07) is 10.6. The summed E-state index contributed by atoms with van der Waals surface area (Å²) in [6.07, 6.45) is 0.809. The lowest BCUT2D eigenvalue weighted by Gasteiger charge is -2.22. The molecule has 1 saturated heterocycles. The minimum absolute atomic E-state index is 0.0782. The molecule has 4 aromatic rings. The largest absolute Gasteiger partial charge is 0.466 e. The van der Waals surface area contributed by atoms with Crippen molar-refractivity contribution in [1.29, 1.82) is 0 Å². The second-order valence-corrected chi connectivity index (χ2v) is 8.84. The van der Waals surface area contributed by atoms with Crippen molar-refractivity contribution in [2.24, 2.45) is 0 Å². The third-order valence-electron chi connectivity index (χ3n) is 6.39. The average molecular weight is 463 g/mol. The molecule has 0 bridgehead atoms. The first kappa shape index (κ1) is 22.3. The van der Waals surface area contributed by atoms with E-state index in [0.717, 1.165) is 30.0 Å². The summed E-state index contributed by atoms with van der Waals surface area (Å²) in [7, 11) is 0. The van der Waals surface area contributed by atoms with Crippen molar-refractivity contribution < 1.29 is 18.1 Å². The summed E-state index contributed by atoms with van der Waals surface area (Å²) in [5, 5.41) is 4.69. The van der Waals surface area contributed by atoms with Gasteiger partial charge in [0.2, 0.25) is 0 Å². The Morgan fingerprint density at radius 1 is 1.09 bits per heavy atom. The van der Waals surface area contributed by atoms with Crippen LogP contribution in [-0.2, 0) is 6.54 Å². The van der Waals surface area contributed by atoms with Gasteiger partial charge in [0.05, 0.1) is 22.3 Å². The number of halogens is 1. The number of benzene rings is 1. The van der Waals surface area contributed by atoms with E-state index in [0.29, 0.717) is 59.8 Å². The molecule has 0 radical (unpaired) electrons. The van der Waals surface area contributed by atoms with Gasteiger partial charge in [0.1, 0.15) is 17.3 Å². The van der Waals surface area contributed by atoms with Crippen LogP contribution >= 0.6 is 0 Å². The number of furan rings is 1. The molecule has 3 aromatic heterocycles. The zero-order valence-corrected chi connectivity index (χ0v) is 19.6. The van der Waals surface area contributed by atoms with Gasteiger partial charge in [-0.2, -0.15) is 0 Å². The molecule has 5 rings (SSSR count). The molecule has 1 fully saturated rings. The van der Waals surface area contributed by atoms with E-state index in [-0.39, 0.29) is 11.7 Å². The molecule has 34 heavy (non-hydrogen) atoms. The van der Waals surface area contributed by atoms with Crippen LogP contribution in [0, 0.1) is 26.6 Å². The number of amides is 1. The number of rotatable bonds is 4. The van der Waals surface area contributed by atoms with Gasteiger partial charge in [0, 0.05) is 43.9 Å². The number of pyridine rings is 1. The van der Waals surface area contributed by atoms with E-state index >= 15 is 0 Å². The zero-order valence-electron chi connectivity index (χ0n) is 19.6. The van der Waals surface area contributed by atoms with Crippen molar-refractivity contribution in [3.8, 4) is 11.3 Å². The lowest BCUT2D eigenvalue weighted by atomic mass is 10.0. The minimum atomic E-state index is -0.195. The lowest BCUT2D eigenvalue weighted by molar-refractivity contribution is 0.0763. The van der Waals surface area contributed by atoms with Crippen LogP contribution in [0.4, 0.5) is 4.39 Å². The van der Waals surface area contributed by atoms with Crippen molar-refractivity contribution in [2.75, 3.05) is 26.2 Å². The third-order valence-corrected chi connectivity index (χ3v) is 6.39. The standard InChI is InChI=1S/C26H27FN4O3/c1-16-13-20(18(3)33-16)23-14-21(24-17(2)29-34-25(24)28-23)26(32)31-10-6-9-30(11-12-31)15-19-7-4-5-8-22(19)27/h4-5,7-8,13-14H,6,9-12,15H2,1-3H3. The number of carbonyl (C=O) groups is 1. The van der Waals surface area contributed by atoms with Crippen LogP contribution in [-0.4, -0.2) is 52.0 Å². The van der Waals surface area contributed by atoms with E-state index in [1.807, 2.05) is 49.9 Å². The van der Waals surface area contributed by atoms with Gasteiger partial charge in [-0.1, -0.05) is 23.4 Å². The summed E-state index contributed by atoms with van der Waals surface area (Å²) in [5.41, 5.74) is 3.63. The predicted octanol–water partition coefficient (Wildman–Crippen LogP) is 4.90. The Balaban J connectivity index is 1.42. The van der Waals surface area contributed by atoms with Crippen LogP contribution in [0.3, 0.4) is 0 Å². The summed E-state index contributed by atoms with van der Waals surface area (Å²) in [5.74, 6) is 1.24. The third kappa shape index (κ3) is 4.21. The molecular weight excluding hydrogens is 435 g/mol. The molecule has 0 aliphatic carbocycles. The highest BCUT2D eigenvalue weighted by atomic mass is 19.1. The van der Waals surface area contributed by atoms with Gasteiger partial charge in [0.15, 0.2) is 0 Å². The van der Waals surface area contributed by atoms with Crippen LogP contribution in [0.25, 0.3) is 22.4 Å². The maximum Gasteiger partial charge on any atom is 0.259 e. The number of nitrogens with zero attached hydrogens (tertiary/aromatic N) is 4. The fourth-order valence-corrected chi connectivity index (χ4v) is 4.66. The number of carbonyl (C=O) groups excluding carboxylic acids is 1. The van der Waals surface area contributed by atoms with E-state index in [4.69, 9.17) is 8.94 Å². The maximum absolute atomic E-state index is 14.1. The zero-order chi connectivity index (χ0) is 23.8. The van der Waals surface area contributed by atoms with Crippen molar-refractivity contribution in [3.05, 3.63) is 70.6 Å². The van der Waals surface area contributed by atoms with E-state index < -0.39 is 0 Å². The Bertz CT molecular complexity index is 1360. The van der Waals surface area contributed by atoms with Crippen molar-refractivity contribution in [3.63, 3.8) is 0 Å². The first-order valence-electron chi connectivity index (χ1n) is 11.5. The summed E-state index contributed by atoms with van der Waals surface area (Å²) in [4.78, 5) is 22.4. The van der Waals surface area contributed by atoms with Crippen LogP contribution in [0.5, 0.6) is 0 Å². The molecule has 7 nitrogen and oxygen atoms in total. The topological polar surface area (TPSA) is 75.6 Å². The predicted molar refractivity (Wildman–Crippen MR) is 126 cm³/mol. The van der Waals surface area contributed by atoms with Gasteiger partial charge in [0.25, 0.3) is 11.6 Å². The van der Waals surface area contributed by atoms with Gasteiger partial charge in [-0.3, -0.25) is 9.69 Å². The second kappa shape index (κ2) is 9.02. The highest BCUT2D eigenvalue weighted by Gasteiger charge is 2.26. The first-order chi connectivity index (χ1) is 16.4. The summed E-state index contributed by atoms with van der Waals surface area (Å²) in [6.45, 7) is 8.75. The molecule has 1 amide bonds. The first-order valence-corrected chi connectivity index (χ1v) is 11.5. The number of aromatic nitrogens is 2. The number of hydrogen-bond acceptors (Lipinski definition) is 6. The second-order valence-electron chi connectivity index (χ2n) is 8.84. The molecule has 176 valence electrons. The SMILES string of the molecule is Cc1cc(-c2cc(C(=O)N3CCCN(Cc4ccccc4F)CC3)c3c(C)noc3n2)c(C)o1. The fourth-order valence-electron chi connectivity index (χ4n) is 4.66. The van der Waals surface area contributed by atoms with Crippen LogP contribution in [0.1, 0.15) is 39.6 Å². The molecule has 0 saturated carbocycles. The van der Waals surface area contributed by atoms with Crippen molar-refractivity contribution in [2.45, 2.75) is 33.7 Å². The molecule has 1 aromatic carbocycles. The van der Waals surface area contributed by atoms with Gasteiger partial charge in [-0.25, -0.2) is 9.37 Å². The molecular formula is C26H27FN4O3. The molecule has 8 heteroatoms. The van der Waals surface area contributed by atoms with Crippen molar-refractivity contribution in [1.82, 2.24) is 19.9 Å². The lowest BCUT2D eigenvalue weighted by Crippen LogP contribution is -2.35. The van der Waals surface area contributed by atoms with Crippen LogP contribution in [0.15, 0.2) is 45.3 Å². The van der Waals surface area contributed by atoms with E-state index in [1.54, 1.807) is 6.07 Å². The molecule has 0 spiro atoms. The van der Waals surface area contributed by atoms with E-state index in [1.165, 1.54) is 6.07 Å². The van der Waals surface area contributed by atoms with Crippen molar-refractivity contribution >= 4 is 17.0 Å². The summed E-state index contributed by atoms with van der Waals surface area (Å²) >= 11 is 0. The highest BCUT2D eigenvalue weighted by Crippen LogP contribution is 2.31. The van der Waals surface area contributed by atoms with Crippen LogP contribution in [0.2, 0.25) is 0 Å². The molecule has 0 unspecified atom stereocenters. The van der Waals surface area contributed by atoms with Gasteiger partial charge in [-0.05, 0) is 45.4 Å². The van der Waals surface area contributed by atoms with E-state index in [2.05, 4.69) is 15.0 Å². The number of aryl methyl sites for hydroxylation is 3. The minimum Gasteiger partial charge on any atom is -0.466 e. The van der Waals surface area contributed by atoms with Gasteiger partial charge >= 0.3 is 0 Å². The molecule has 4 heterocycles. The maximum atomic E-state index is 14.1. The molecule has 1 aliphatic heterocycles. The molecule has 0 atom stereocenters. The normalized spacial score (nSPS) is 15.1.